The van der Waals surface area contributed by atoms with E-state index in [2.05, 4.69) is 10.6 Å². The molecule has 0 spiro atoms. The molecule has 0 saturated carbocycles. The summed E-state index contributed by atoms with van der Waals surface area (Å²) in [5, 5.41) is 15.4. The first-order chi connectivity index (χ1) is 9.02. The van der Waals surface area contributed by atoms with Crippen LogP contribution in [0.25, 0.3) is 0 Å². The number of nitrogens with one attached hydrogen (secondary N) is 2. The van der Waals surface area contributed by atoms with Gasteiger partial charge in [-0.15, -0.1) is 0 Å². The topological polar surface area (TPSA) is 127 Å². The maximum absolute atomic E-state index is 11.4. The van der Waals surface area contributed by atoms with E-state index in [0.29, 0.717) is 5.56 Å². The second-order valence-electron chi connectivity index (χ2n) is 3.68. The van der Waals surface area contributed by atoms with Gasteiger partial charge in [-0.1, -0.05) is 12.1 Å². The fourth-order valence-electron chi connectivity index (χ4n) is 1.29. The number of nitrogens with two attached hydrogens (primary N) is 1. The predicted molar refractivity (Wildman–Crippen MR) is 67.0 cm³/mol. The third-order valence-corrected chi connectivity index (χ3v) is 2.24. The Balaban J connectivity index is 2.44. The lowest BCUT2D eigenvalue weighted by Gasteiger charge is -2.06. The number of nitrogens with zero attached hydrogens (tertiary/aromatic N) is 1. The zero-order chi connectivity index (χ0) is 14.3. The van der Waals surface area contributed by atoms with Gasteiger partial charge in [-0.05, 0) is 5.56 Å². The van der Waals surface area contributed by atoms with Crippen LogP contribution in [0.2, 0.25) is 0 Å². The monoisotopic (exact) mass is 266 g/mol. The normalized spacial score (nSPS) is 9.74. The van der Waals surface area contributed by atoms with Crippen molar-refractivity contribution in [1.29, 1.82) is 0 Å². The van der Waals surface area contributed by atoms with Crippen molar-refractivity contribution in [3.8, 4) is 0 Å². The van der Waals surface area contributed by atoms with E-state index >= 15 is 0 Å². The van der Waals surface area contributed by atoms with Gasteiger partial charge < -0.3 is 16.4 Å². The van der Waals surface area contributed by atoms with Crippen molar-refractivity contribution in [2.24, 2.45) is 5.73 Å². The molecule has 0 fully saturated rings. The molecule has 0 unspecified atom stereocenters. The summed E-state index contributed by atoms with van der Waals surface area (Å²) in [4.78, 5) is 32.2. The van der Waals surface area contributed by atoms with Crippen molar-refractivity contribution < 1.29 is 14.5 Å². The Morgan fingerprint density at radius 2 is 2.00 bits per heavy atom. The van der Waals surface area contributed by atoms with Gasteiger partial charge in [0, 0.05) is 18.7 Å². The number of carbonyl (C=O) groups excluding carboxylic acids is 2. The van der Waals surface area contributed by atoms with E-state index in [1.54, 1.807) is 6.07 Å². The number of non-ortho nitro benzene ring substituents is 1. The molecule has 8 heteroatoms. The number of nitro groups is 1. The molecule has 0 bridgehead atoms. The molecule has 8 nitrogen and oxygen atoms in total. The van der Waals surface area contributed by atoms with Crippen LogP contribution in [0.1, 0.15) is 5.56 Å². The summed E-state index contributed by atoms with van der Waals surface area (Å²) >= 11 is 0. The van der Waals surface area contributed by atoms with Gasteiger partial charge in [0.2, 0.25) is 11.8 Å². The van der Waals surface area contributed by atoms with Crippen LogP contribution >= 0.6 is 0 Å². The number of nitro benzene ring substituents is 1. The Kier molecular flexibility index (Phi) is 5.42. The Morgan fingerprint density at radius 3 is 2.63 bits per heavy atom. The highest BCUT2D eigenvalue weighted by Crippen LogP contribution is 2.12. The van der Waals surface area contributed by atoms with Gasteiger partial charge in [0.05, 0.1) is 18.0 Å². The summed E-state index contributed by atoms with van der Waals surface area (Å²) in [6.45, 7) is -0.206. The first-order valence-corrected chi connectivity index (χ1v) is 5.49. The molecule has 0 aliphatic rings. The zero-order valence-electron chi connectivity index (χ0n) is 10.1. The largest absolute Gasteiger partial charge is 0.350 e. The minimum absolute atomic E-state index is 0.0387. The van der Waals surface area contributed by atoms with Crippen LogP contribution in [0, 0.1) is 10.1 Å². The molecule has 0 saturated heterocycles. The number of rotatable bonds is 6. The minimum atomic E-state index is -0.507. The molecule has 0 atom stereocenters. The highest BCUT2D eigenvalue weighted by Gasteiger charge is 2.07. The number of hydrogen-bond donors (Lipinski definition) is 3. The van der Waals surface area contributed by atoms with Crippen molar-refractivity contribution in [3.05, 3.63) is 39.9 Å². The standard InChI is InChI=1S/C11H14N4O4/c12-5-10(16)14-7-11(17)13-6-8-2-1-3-9(4-8)15(18)19/h1-4H,5-7,12H2,(H,13,17)(H,14,16). The van der Waals surface area contributed by atoms with Crippen molar-refractivity contribution in [2.45, 2.75) is 6.54 Å². The number of hydrogen-bond acceptors (Lipinski definition) is 5. The van der Waals surface area contributed by atoms with Gasteiger partial charge in [-0.25, -0.2) is 0 Å². The third kappa shape index (κ3) is 5.13. The number of amides is 2. The van der Waals surface area contributed by atoms with Crippen LogP contribution in [0.5, 0.6) is 0 Å². The zero-order valence-corrected chi connectivity index (χ0v) is 10.1. The van der Waals surface area contributed by atoms with Gasteiger partial charge in [0.1, 0.15) is 0 Å². The summed E-state index contributed by atoms with van der Waals surface area (Å²) in [5.74, 6) is -0.821. The molecule has 1 aromatic rings. The lowest BCUT2D eigenvalue weighted by Crippen LogP contribution is -2.39. The van der Waals surface area contributed by atoms with Crippen LogP contribution in [0.3, 0.4) is 0 Å². The first kappa shape index (κ1) is 14.6. The predicted octanol–water partition coefficient (Wildman–Crippen LogP) is -0.714. The quantitative estimate of drug-likeness (QED) is 0.462. The average molecular weight is 266 g/mol. The van der Waals surface area contributed by atoms with Gasteiger partial charge in [-0.2, -0.15) is 0 Å². The van der Waals surface area contributed by atoms with Crippen LogP contribution in [-0.4, -0.2) is 29.8 Å². The van der Waals surface area contributed by atoms with Crippen molar-refractivity contribution in [3.63, 3.8) is 0 Å². The SMILES string of the molecule is NCC(=O)NCC(=O)NCc1cccc([N+](=O)[O-])c1. The number of carbonyl (C=O) groups is 2. The molecule has 2 amide bonds. The minimum Gasteiger partial charge on any atom is -0.350 e. The maximum Gasteiger partial charge on any atom is 0.269 e. The molecule has 19 heavy (non-hydrogen) atoms. The Bertz CT molecular complexity index is 489. The number of benzene rings is 1. The second kappa shape index (κ2) is 7.07. The Labute approximate surface area is 109 Å². The molecule has 0 aromatic heterocycles. The van der Waals surface area contributed by atoms with Gasteiger partial charge in [-0.3, -0.25) is 19.7 Å². The molecular formula is C11H14N4O4. The van der Waals surface area contributed by atoms with Gasteiger partial charge >= 0.3 is 0 Å². The molecule has 0 radical (unpaired) electrons. The fourth-order valence-corrected chi connectivity index (χ4v) is 1.29. The molecule has 102 valence electrons. The van der Waals surface area contributed by atoms with E-state index < -0.39 is 16.7 Å². The van der Waals surface area contributed by atoms with Crippen LogP contribution in [0.15, 0.2) is 24.3 Å². The van der Waals surface area contributed by atoms with E-state index in [1.807, 2.05) is 0 Å². The lowest BCUT2D eigenvalue weighted by molar-refractivity contribution is -0.384. The van der Waals surface area contributed by atoms with Crippen LogP contribution in [-0.2, 0) is 16.1 Å². The Morgan fingerprint density at radius 1 is 1.26 bits per heavy atom. The highest BCUT2D eigenvalue weighted by atomic mass is 16.6. The van der Waals surface area contributed by atoms with Gasteiger partial charge in [0.25, 0.3) is 5.69 Å². The van der Waals surface area contributed by atoms with Crippen molar-refractivity contribution >= 4 is 17.5 Å². The molecule has 0 aliphatic carbocycles. The van der Waals surface area contributed by atoms with E-state index in [1.165, 1.54) is 18.2 Å². The molecule has 1 aromatic carbocycles. The molecule has 4 N–H and O–H groups in total. The Hall–Kier alpha value is -2.48. The smallest absolute Gasteiger partial charge is 0.269 e. The maximum atomic E-state index is 11.4. The molecule has 0 heterocycles. The molecular weight excluding hydrogens is 252 g/mol. The average Bonchev–Trinajstić information content (AvgIpc) is 2.42. The summed E-state index contributed by atoms with van der Waals surface area (Å²) in [6.07, 6.45) is 0. The second-order valence-corrected chi connectivity index (χ2v) is 3.68. The summed E-state index contributed by atoms with van der Waals surface area (Å²) in [6, 6.07) is 5.94. The lowest BCUT2D eigenvalue weighted by atomic mass is 10.2. The van der Waals surface area contributed by atoms with E-state index in [-0.39, 0.29) is 25.3 Å². The molecule has 0 aliphatic heterocycles. The summed E-state index contributed by atoms with van der Waals surface area (Å²) < 4.78 is 0. The molecule has 1 rings (SSSR count). The fraction of sp³-hybridized carbons (Fsp3) is 0.273. The van der Waals surface area contributed by atoms with E-state index in [9.17, 15) is 19.7 Å². The highest BCUT2D eigenvalue weighted by molar-refractivity contribution is 5.85. The van der Waals surface area contributed by atoms with Crippen molar-refractivity contribution in [1.82, 2.24) is 10.6 Å². The summed E-state index contributed by atoms with van der Waals surface area (Å²) in [7, 11) is 0. The van der Waals surface area contributed by atoms with Crippen LogP contribution < -0.4 is 16.4 Å². The third-order valence-electron chi connectivity index (χ3n) is 2.24. The van der Waals surface area contributed by atoms with Crippen molar-refractivity contribution in [2.75, 3.05) is 13.1 Å². The van der Waals surface area contributed by atoms with Crippen LogP contribution in [0.4, 0.5) is 5.69 Å². The van der Waals surface area contributed by atoms with E-state index in [4.69, 9.17) is 5.73 Å². The first-order valence-electron chi connectivity index (χ1n) is 5.49. The van der Waals surface area contributed by atoms with Gasteiger partial charge in [0.15, 0.2) is 0 Å². The van der Waals surface area contributed by atoms with E-state index in [0.717, 1.165) is 0 Å². The summed E-state index contributed by atoms with van der Waals surface area (Å²) in [5.41, 5.74) is 5.63.